The lowest BCUT2D eigenvalue weighted by Crippen LogP contribution is -2.52. The standard InChI is InChI=1S/C28H16BF4N3/c30-19-13-9-17(10-14-19)25-21-5-1-3-7-23(21)27-34-28-24-8-4-2-6-22(24)26(18-11-15-20(31)16-12-18)36(28)29(32,33)35(25)27/h1-16H. The van der Waals surface area contributed by atoms with Crippen molar-refractivity contribution < 1.29 is 21.9 Å². The Morgan fingerprint density at radius 1 is 0.639 bits per heavy atom. The van der Waals surface area contributed by atoms with Gasteiger partial charge in [0.15, 0.2) is 0 Å². The highest BCUT2D eigenvalue weighted by Gasteiger charge is 2.54. The molecule has 5 aromatic rings. The third kappa shape index (κ3) is 2.75. The summed E-state index contributed by atoms with van der Waals surface area (Å²) in [6, 6.07) is 25.3. The van der Waals surface area contributed by atoms with Gasteiger partial charge in [0.05, 0.1) is 5.56 Å². The molecule has 0 amide bonds. The molecule has 0 unspecified atom stereocenters. The van der Waals surface area contributed by atoms with Crippen LogP contribution in [0.2, 0.25) is 0 Å². The fraction of sp³-hybridized carbons (Fsp3) is 0. The molecule has 0 atom stereocenters. The molecule has 0 spiro atoms. The van der Waals surface area contributed by atoms with Crippen LogP contribution >= 0.6 is 0 Å². The predicted octanol–water partition coefficient (Wildman–Crippen LogP) is 6.76. The third-order valence-corrected chi connectivity index (χ3v) is 6.85. The number of fused-ring (bicyclic) bond motifs is 6. The Morgan fingerprint density at radius 2 is 1.19 bits per heavy atom. The van der Waals surface area contributed by atoms with Crippen molar-refractivity contribution in [1.29, 1.82) is 0 Å². The average molecular weight is 481 g/mol. The Kier molecular flexibility index (Phi) is 4.22. The summed E-state index contributed by atoms with van der Waals surface area (Å²) in [4.78, 5) is 4.80. The van der Waals surface area contributed by atoms with E-state index in [9.17, 15) is 8.78 Å². The van der Waals surface area contributed by atoms with Crippen molar-refractivity contribution >= 4 is 35.1 Å². The van der Waals surface area contributed by atoms with Gasteiger partial charge in [-0.2, -0.15) is 0 Å². The SMILES string of the molecule is Fc1ccc(C2=[N+]3C(=Nc4c5ccccc5c(-c5ccc(F)cc5)n4[B-]3(F)F)c3ccccc32)cc1. The van der Waals surface area contributed by atoms with Crippen molar-refractivity contribution in [2.75, 3.05) is 0 Å². The molecule has 0 radical (unpaired) electrons. The lowest BCUT2D eigenvalue weighted by molar-refractivity contribution is -0.292. The third-order valence-electron chi connectivity index (χ3n) is 6.85. The van der Waals surface area contributed by atoms with E-state index < -0.39 is 18.6 Å². The number of halogens is 4. The molecule has 0 saturated carbocycles. The first-order chi connectivity index (χ1) is 17.4. The second-order valence-electron chi connectivity index (χ2n) is 8.89. The molecule has 3 nitrogen and oxygen atoms in total. The average Bonchev–Trinajstić information content (AvgIpc) is 3.40. The zero-order valence-corrected chi connectivity index (χ0v) is 18.7. The number of hydrogen-bond donors (Lipinski definition) is 0. The molecule has 7 rings (SSSR count). The van der Waals surface area contributed by atoms with E-state index >= 15 is 8.63 Å². The zero-order chi connectivity index (χ0) is 24.6. The van der Waals surface area contributed by atoms with Crippen molar-refractivity contribution in [2.24, 2.45) is 4.99 Å². The Bertz CT molecular complexity index is 1770. The van der Waals surface area contributed by atoms with Gasteiger partial charge in [0.2, 0.25) is 5.82 Å². The smallest absolute Gasteiger partial charge is 0.414 e. The second kappa shape index (κ2) is 7.27. The fourth-order valence-corrected chi connectivity index (χ4v) is 5.35. The van der Waals surface area contributed by atoms with Crippen LogP contribution in [0.4, 0.5) is 23.2 Å². The van der Waals surface area contributed by atoms with E-state index in [1.165, 1.54) is 48.5 Å². The molecule has 174 valence electrons. The maximum Gasteiger partial charge on any atom is 0.642 e. The Balaban J connectivity index is 1.62. The van der Waals surface area contributed by atoms with Crippen LogP contribution in [0.25, 0.3) is 22.0 Å². The van der Waals surface area contributed by atoms with Gasteiger partial charge in [-0.15, -0.1) is 0 Å². The van der Waals surface area contributed by atoms with Crippen molar-refractivity contribution in [2.45, 2.75) is 0 Å². The van der Waals surface area contributed by atoms with E-state index in [1.807, 2.05) is 0 Å². The molecule has 1 aromatic heterocycles. The summed E-state index contributed by atoms with van der Waals surface area (Å²) in [6.07, 6.45) is 0. The Labute approximate surface area is 203 Å². The van der Waals surface area contributed by atoms with Gasteiger partial charge in [-0.1, -0.05) is 42.5 Å². The van der Waals surface area contributed by atoms with Crippen LogP contribution in [-0.2, 0) is 0 Å². The minimum absolute atomic E-state index is 0.149. The van der Waals surface area contributed by atoms with Gasteiger partial charge < -0.3 is 17.6 Å². The van der Waals surface area contributed by atoms with Gasteiger partial charge in [0.1, 0.15) is 17.3 Å². The van der Waals surface area contributed by atoms with E-state index in [0.717, 1.165) is 8.96 Å². The van der Waals surface area contributed by atoms with E-state index in [1.54, 1.807) is 48.5 Å². The fourth-order valence-electron chi connectivity index (χ4n) is 5.35. The summed E-state index contributed by atoms with van der Waals surface area (Å²) in [5, 5.41) is 1.18. The zero-order valence-electron chi connectivity index (χ0n) is 18.7. The van der Waals surface area contributed by atoms with E-state index in [-0.39, 0.29) is 23.1 Å². The summed E-state index contributed by atoms with van der Waals surface area (Å²) >= 11 is 0. The second-order valence-corrected chi connectivity index (χ2v) is 8.89. The van der Waals surface area contributed by atoms with Crippen molar-refractivity contribution in [3.8, 4) is 11.3 Å². The predicted molar refractivity (Wildman–Crippen MR) is 133 cm³/mol. The summed E-state index contributed by atoms with van der Waals surface area (Å²) in [5.41, 5.74) is 2.63. The Hall–Kier alpha value is -4.46. The van der Waals surface area contributed by atoms with Crippen LogP contribution in [0.5, 0.6) is 0 Å². The van der Waals surface area contributed by atoms with Crippen LogP contribution in [0.3, 0.4) is 0 Å². The highest BCUT2D eigenvalue weighted by atomic mass is 19.2. The summed E-state index contributed by atoms with van der Waals surface area (Å²) in [5.74, 6) is -0.603. The number of aliphatic imine (C=N–C) groups is 1. The normalized spacial score (nSPS) is 15.5. The molecule has 8 heteroatoms. The van der Waals surface area contributed by atoms with Gasteiger partial charge >= 0.3 is 6.97 Å². The highest BCUT2D eigenvalue weighted by molar-refractivity contribution is 6.62. The quantitative estimate of drug-likeness (QED) is 0.196. The molecular weight excluding hydrogens is 465 g/mol. The molecule has 0 saturated heterocycles. The summed E-state index contributed by atoms with van der Waals surface area (Å²) < 4.78 is 63.2. The van der Waals surface area contributed by atoms with Gasteiger partial charge in [-0.3, -0.25) is 0 Å². The van der Waals surface area contributed by atoms with E-state index in [4.69, 9.17) is 4.99 Å². The van der Waals surface area contributed by atoms with Gasteiger partial charge in [0.25, 0.3) is 5.84 Å². The number of rotatable bonds is 2. The maximum atomic E-state index is 16.9. The lowest BCUT2D eigenvalue weighted by Gasteiger charge is -2.31. The first kappa shape index (κ1) is 20.9. The number of benzene rings is 4. The van der Waals surface area contributed by atoms with Crippen molar-refractivity contribution in [3.63, 3.8) is 0 Å². The first-order valence-electron chi connectivity index (χ1n) is 11.5. The Morgan fingerprint density at radius 3 is 1.86 bits per heavy atom. The van der Waals surface area contributed by atoms with E-state index in [0.29, 0.717) is 33.0 Å². The lowest BCUT2D eigenvalue weighted by atomic mass is 9.91. The van der Waals surface area contributed by atoms with Crippen LogP contribution in [0.15, 0.2) is 102 Å². The molecule has 0 aliphatic carbocycles. The minimum Gasteiger partial charge on any atom is -0.414 e. The molecular formula is C28H16BF4N3. The van der Waals surface area contributed by atoms with Crippen LogP contribution in [-0.4, -0.2) is 27.5 Å². The molecule has 0 bridgehead atoms. The molecule has 2 aliphatic rings. The van der Waals surface area contributed by atoms with Crippen molar-refractivity contribution in [1.82, 2.24) is 4.48 Å². The largest absolute Gasteiger partial charge is 0.642 e. The molecule has 0 fully saturated rings. The molecule has 3 heterocycles. The molecule has 0 N–H and O–H groups in total. The van der Waals surface area contributed by atoms with Crippen molar-refractivity contribution in [3.05, 3.63) is 125 Å². The number of aromatic nitrogens is 1. The summed E-state index contributed by atoms with van der Waals surface area (Å²) in [7, 11) is 0. The maximum absolute atomic E-state index is 16.9. The molecule has 2 aliphatic heterocycles. The van der Waals surface area contributed by atoms with Gasteiger partial charge in [-0.25, -0.2) is 8.78 Å². The van der Waals surface area contributed by atoms with Crippen LogP contribution < -0.4 is 0 Å². The topological polar surface area (TPSA) is 20.3 Å². The highest BCUT2D eigenvalue weighted by Crippen LogP contribution is 2.45. The van der Waals surface area contributed by atoms with Gasteiger partial charge in [0, 0.05) is 27.6 Å². The van der Waals surface area contributed by atoms with Crippen LogP contribution in [0.1, 0.15) is 16.7 Å². The molecule has 36 heavy (non-hydrogen) atoms. The van der Waals surface area contributed by atoms with E-state index in [2.05, 4.69) is 0 Å². The number of amidine groups is 1. The summed E-state index contributed by atoms with van der Waals surface area (Å²) in [6.45, 7) is -4.46. The van der Waals surface area contributed by atoms with Crippen LogP contribution in [0, 0.1) is 11.6 Å². The minimum atomic E-state index is -4.46. The monoisotopic (exact) mass is 481 g/mol. The number of nitrogens with zero attached hydrogens (tertiary/aromatic N) is 3. The van der Waals surface area contributed by atoms with Gasteiger partial charge in [-0.05, 0) is 65.2 Å². The number of hydrogen-bond acceptors (Lipinski definition) is 1. The first-order valence-corrected chi connectivity index (χ1v) is 11.5. The molecule has 4 aromatic carbocycles.